The van der Waals surface area contributed by atoms with E-state index in [4.69, 9.17) is 14.2 Å². The van der Waals surface area contributed by atoms with Gasteiger partial charge in [0.1, 0.15) is 17.1 Å². The average molecular weight is 256 g/mol. The van der Waals surface area contributed by atoms with Crippen LogP contribution in [0.1, 0.15) is 17.3 Å². The summed E-state index contributed by atoms with van der Waals surface area (Å²) in [6, 6.07) is 16.0. The minimum Gasteiger partial charge on any atom is -0.421 e. The van der Waals surface area contributed by atoms with E-state index in [2.05, 4.69) is 0 Å². The minimum atomic E-state index is -1.45. The van der Waals surface area contributed by atoms with Gasteiger partial charge in [-0.3, -0.25) is 0 Å². The number of hydrogen-bond donors (Lipinski definition) is 0. The second-order valence-electron chi connectivity index (χ2n) is 4.27. The van der Waals surface area contributed by atoms with Gasteiger partial charge in [-0.1, -0.05) is 30.3 Å². The van der Waals surface area contributed by atoms with Gasteiger partial charge in [-0.05, 0) is 24.3 Å². The van der Waals surface area contributed by atoms with Gasteiger partial charge in [0.05, 0.1) is 6.92 Å². The summed E-state index contributed by atoms with van der Waals surface area (Å²) in [5.74, 6) is -0.887. The molecule has 1 heterocycles. The van der Waals surface area contributed by atoms with Crippen molar-refractivity contribution in [2.75, 3.05) is 0 Å². The largest absolute Gasteiger partial charge is 0.421 e. The minimum absolute atomic E-state index is 0.400. The van der Waals surface area contributed by atoms with E-state index in [1.165, 1.54) is 0 Å². The van der Waals surface area contributed by atoms with Crippen LogP contribution in [-0.2, 0) is 4.74 Å². The Hall–Kier alpha value is -2.49. The second kappa shape index (κ2) is 4.31. The van der Waals surface area contributed by atoms with Gasteiger partial charge in [-0.25, -0.2) is 4.79 Å². The monoisotopic (exact) mass is 256 g/mol. The number of para-hydroxylation sites is 2. The first-order chi connectivity index (χ1) is 9.16. The van der Waals surface area contributed by atoms with E-state index in [0.29, 0.717) is 17.1 Å². The zero-order chi connectivity index (χ0) is 13.3. The SMILES string of the molecule is CC1(Oc2ccccc2)OC(=O)c2ccccc2O1. The highest BCUT2D eigenvalue weighted by Gasteiger charge is 2.40. The maximum atomic E-state index is 11.9. The molecule has 0 radical (unpaired) electrons. The Morgan fingerprint density at radius 3 is 2.42 bits per heavy atom. The first-order valence-corrected chi connectivity index (χ1v) is 5.92. The highest BCUT2D eigenvalue weighted by Crippen LogP contribution is 2.32. The molecule has 96 valence electrons. The lowest BCUT2D eigenvalue weighted by Crippen LogP contribution is -2.46. The molecule has 3 rings (SSSR count). The molecule has 1 aliphatic heterocycles. The lowest BCUT2D eigenvalue weighted by Gasteiger charge is -2.33. The van der Waals surface area contributed by atoms with Crippen molar-refractivity contribution in [3.8, 4) is 11.5 Å². The van der Waals surface area contributed by atoms with Gasteiger partial charge in [-0.15, -0.1) is 0 Å². The zero-order valence-electron chi connectivity index (χ0n) is 10.3. The number of carbonyl (C=O) groups excluding carboxylic acids is 1. The fraction of sp³-hybridized carbons (Fsp3) is 0.133. The fourth-order valence-corrected chi connectivity index (χ4v) is 1.91. The number of cyclic esters (lactones) is 1. The van der Waals surface area contributed by atoms with Gasteiger partial charge in [-0.2, -0.15) is 0 Å². The molecule has 0 aromatic heterocycles. The van der Waals surface area contributed by atoms with Crippen molar-refractivity contribution < 1.29 is 19.0 Å². The molecule has 0 N–H and O–H groups in total. The van der Waals surface area contributed by atoms with Crippen LogP contribution in [-0.4, -0.2) is 11.9 Å². The van der Waals surface area contributed by atoms with Crippen LogP contribution in [0.15, 0.2) is 54.6 Å². The molecular formula is C15H12O4. The van der Waals surface area contributed by atoms with Crippen molar-refractivity contribution in [1.29, 1.82) is 0 Å². The lowest BCUT2D eigenvalue weighted by molar-refractivity contribution is -0.263. The summed E-state index contributed by atoms with van der Waals surface area (Å²) in [4.78, 5) is 11.9. The average Bonchev–Trinajstić information content (AvgIpc) is 2.39. The van der Waals surface area contributed by atoms with E-state index in [9.17, 15) is 4.79 Å². The molecule has 2 aromatic carbocycles. The van der Waals surface area contributed by atoms with Crippen LogP contribution >= 0.6 is 0 Å². The fourth-order valence-electron chi connectivity index (χ4n) is 1.91. The highest BCUT2D eigenvalue weighted by molar-refractivity contribution is 5.93. The van der Waals surface area contributed by atoms with Crippen molar-refractivity contribution in [1.82, 2.24) is 0 Å². The van der Waals surface area contributed by atoms with Crippen LogP contribution in [0, 0.1) is 0 Å². The smallest absolute Gasteiger partial charge is 0.416 e. The van der Waals surface area contributed by atoms with Crippen LogP contribution in [0.5, 0.6) is 11.5 Å². The van der Waals surface area contributed by atoms with Gasteiger partial charge < -0.3 is 14.2 Å². The molecule has 0 fully saturated rings. The summed E-state index contributed by atoms with van der Waals surface area (Å²) in [7, 11) is 0. The van der Waals surface area contributed by atoms with Crippen LogP contribution in [0.4, 0.5) is 0 Å². The molecule has 0 aliphatic carbocycles. The van der Waals surface area contributed by atoms with Gasteiger partial charge in [0.15, 0.2) is 0 Å². The Labute approximate surface area is 110 Å². The third-order valence-electron chi connectivity index (χ3n) is 2.73. The number of esters is 1. The summed E-state index contributed by atoms with van der Waals surface area (Å²) in [5.41, 5.74) is 0.400. The number of benzene rings is 2. The van der Waals surface area contributed by atoms with Crippen molar-refractivity contribution in [2.24, 2.45) is 0 Å². The number of rotatable bonds is 2. The quantitative estimate of drug-likeness (QED) is 0.775. The van der Waals surface area contributed by atoms with E-state index >= 15 is 0 Å². The Bertz CT molecular complexity index is 609. The van der Waals surface area contributed by atoms with E-state index in [1.54, 1.807) is 43.3 Å². The van der Waals surface area contributed by atoms with E-state index in [0.717, 1.165) is 0 Å². The van der Waals surface area contributed by atoms with Gasteiger partial charge >= 0.3 is 11.9 Å². The molecule has 19 heavy (non-hydrogen) atoms. The Morgan fingerprint density at radius 2 is 1.63 bits per heavy atom. The van der Waals surface area contributed by atoms with E-state index < -0.39 is 11.9 Å². The Kier molecular flexibility index (Phi) is 2.63. The summed E-state index contributed by atoms with van der Waals surface area (Å²) < 4.78 is 16.5. The summed E-state index contributed by atoms with van der Waals surface area (Å²) in [6.07, 6.45) is 0. The third-order valence-corrected chi connectivity index (χ3v) is 2.73. The molecule has 0 saturated carbocycles. The topological polar surface area (TPSA) is 44.8 Å². The van der Waals surface area contributed by atoms with Crippen molar-refractivity contribution >= 4 is 5.97 Å². The Balaban J connectivity index is 1.89. The molecule has 0 amide bonds. The third kappa shape index (κ3) is 2.25. The molecular weight excluding hydrogens is 244 g/mol. The molecule has 0 saturated heterocycles. The number of ether oxygens (including phenoxy) is 3. The zero-order valence-corrected chi connectivity index (χ0v) is 10.3. The summed E-state index contributed by atoms with van der Waals surface area (Å²) in [6.45, 7) is 1.56. The van der Waals surface area contributed by atoms with Crippen LogP contribution in [0.3, 0.4) is 0 Å². The van der Waals surface area contributed by atoms with Gasteiger partial charge in [0, 0.05) is 0 Å². The maximum Gasteiger partial charge on any atom is 0.416 e. The summed E-state index contributed by atoms with van der Waals surface area (Å²) >= 11 is 0. The number of carbonyl (C=O) groups is 1. The molecule has 0 bridgehead atoms. The van der Waals surface area contributed by atoms with Crippen molar-refractivity contribution in [3.05, 3.63) is 60.2 Å². The highest BCUT2D eigenvalue weighted by atomic mass is 16.9. The van der Waals surface area contributed by atoms with Crippen molar-refractivity contribution in [3.63, 3.8) is 0 Å². The van der Waals surface area contributed by atoms with Crippen molar-refractivity contribution in [2.45, 2.75) is 12.9 Å². The molecule has 0 spiro atoms. The molecule has 1 aliphatic rings. The maximum absolute atomic E-state index is 11.9. The van der Waals surface area contributed by atoms with E-state index in [-0.39, 0.29) is 0 Å². The van der Waals surface area contributed by atoms with Gasteiger partial charge in [0.2, 0.25) is 0 Å². The van der Waals surface area contributed by atoms with Crippen LogP contribution in [0.25, 0.3) is 0 Å². The van der Waals surface area contributed by atoms with Crippen LogP contribution in [0.2, 0.25) is 0 Å². The summed E-state index contributed by atoms with van der Waals surface area (Å²) in [5, 5.41) is 0. The molecule has 2 aromatic rings. The first kappa shape index (κ1) is 11.6. The second-order valence-corrected chi connectivity index (χ2v) is 4.27. The predicted octanol–water partition coefficient (Wildman–Crippen LogP) is 2.99. The lowest BCUT2D eigenvalue weighted by atomic mass is 10.2. The van der Waals surface area contributed by atoms with Crippen LogP contribution < -0.4 is 9.47 Å². The molecule has 1 unspecified atom stereocenters. The number of hydrogen-bond acceptors (Lipinski definition) is 4. The standard InChI is InChI=1S/C15H12O4/c1-15(17-11-7-3-2-4-8-11)18-13-10-6-5-9-12(13)14(16)19-15/h2-10H,1H3. The molecule has 4 nitrogen and oxygen atoms in total. The van der Waals surface area contributed by atoms with E-state index in [1.807, 2.05) is 18.2 Å². The molecule has 1 atom stereocenters. The number of fused-ring (bicyclic) bond motifs is 1. The molecule has 4 heteroatoms. The first-order valence-electron chi connectivity index (χ1n) is 5.92. The predicted molar refractivity (Wildman–Crippen MR) is 68.0 cm³/mol. The normalized spacial score (nSPS) is 21.0. The Morgan fingerprint density at radius 1 is 0.947 bits per heavy atom. The van der Waals surface area contributed by atoms with Gasteiger partial charge in [0.25, 0.3) is 0 Å².